The van der Waals surface area contributed by atoms with E-state index in [9.17, 15) is 21.6 Å². The van der Waals surface area contributed by atoms with Crippen molar-refractivity contribution >= 4 is 43.3 Å². The Hall–Kier alpha value is -6.34. The quantitative estimate of drug-likeness (QED) is 0.124. The van der Waals surface area contributed by atoms with Crippen LogP contribution in [0.15, 0.2) is 97.3 Å². The number of anilines is 2. The molecule has 2 aromatic carbocycles. The maximum absolute atomic E-state index is 12.8. The Balaban J connectivity index is 0.000000186. The highest BCUT2D eigenvalue weighted by molar-refractivity contribution is 7.88. The zero-order chi connectivity index (χ0) is 42.5. The first-order valence-corrected chi connectivity index (χ1v) is 19.9. The minimum Gasteiger partial charge on any atom is -0.384 e. The summed E-state index contributed by atoms with van der Waals surface area (Å²) in [6.07, 6.45) is 7.73. The van der Waals surface area contributed by atoms with Crippen molar-refractivity contribution in [3.63, 3.8) is 0 Å². The molecule has 2 saturated heterocycles. The Morgan fingerprint density at radius 2 is 1.18 bits per heavy atom. The number of hydrogen-bond acceptors (Lipinski definition) is 13. The van der Waals surface area contributed by atoms with Gasteiger partial charge in [0.1, 0.15) is 18.9 Å². The molecule has 2 aliphatic rings. The molecule has 2 fully saturated rings. The number of pyridine rings is 4. The number of nitrogens with zero attached hydrogens (tertiary/aromatic N) is 6. The smallest absolute Gasteiger partial charge is 0.384 e. The minimum absolute atomic E-state index is 0.0546. The van der Waals surface area contributed by atoms with Crippen LogP contribution < -0.4 is 14.0 Å². The average Bonchev–Trinajstić information content (AvgIpc) is 3.28. The van der Waals surface area contributed by atoms with Crippen molar-refractivity contribution in [3.8, 4) is 52.6 Å². The largest absolute Gasteiger partial charge is 0.534 e. The Morgan fingerprint density at radius 3 is 1.65 bits per heavy atom. The Morgan fingerprint density at radius 1 is 0.717 bits per heavy atom. The summed E-state index contributed by atoms with van der Waals surface area (Å²) in [5, 5.41) is 17.6. The lowest BCUT2D eigenvalue weighted by molar-refractivity contribution is -0.0500. The third-order valence-corrected chi connectivity index (χ3v) is 10.0. The highest BCUT2D eigenvalue weighted by Gasteiger charge is 2.49. The summed E-state index contributed by atoms with van der Waals surface area (Å²) in [6.45, 7) is 5.80. The maximum Gasteiger partial charge on any atom is 0.534 e. The van der Waals surface area contributed by atoms with E-state index in [-0.39, 0.29) is 29.8 Å². The molecule has 0 aliphatic carbocycles. The number of alkyl halides is 3. The number of aromatic nitrogens is 4. The van der Waals surface area contributed by atoms with Gasteiger partial charge in [-0.2, -0.15) is 21.6 Å². The summed E-state index contributed by atoms with van der Waals surface area (Å²) < 4.78 is 76.5. The number of terminal acetylenes is 1. The van der Waals surface area contributed by atoms with Crippen molar-refractivity contribution in [2.75, 3.05) is 75.6 Å². The number of ether oxygens (including phenoxy) is 2. The van der Waals surface area contributed by atoms with Crippen LogP contribution in [0.1, 0.15) is 5.69 Å². The molecule has 60 heavy (non-hydrogen) atoms. The van der Waals surface area contributed by atoms with Crippen LogP contribution in [0.3, 0.4) is 0 Å². The van der Waals surface area contributed by atoms with E-state index in [1.54, 1.807) is 24.4 Å². The first-order chi connectivity index (χ1) is 29.0. The van der Waals surface area contributed by atoms with E-state index in [0.29, 0.717) is 24.5 Å². The number of morpholine rings is 2. The molecule has 0 atom stereocenters. The molecular weight excluding hydrogens is 802 g/mol. The van der Waals surface area contributed by atoms with Gasteiger partial charge in [-0.25, -0.2) is 9.97 Å². The standard InChI is InChI=1S/C21H19N3O2.C19H16F3N3O4S.C3H4O/c25-12-2-4-19-18-3-1-9-22-21(18)15-20(23-19)16-5-7-17(8-6-16)24-10-13-26-14-11-24;20-19(21,22)30(26,27)29-18-15-2-1-7-23-17(15)12-16(24-18)13-3-5-14(6-4-13)25-8-10-28-11-9-25;1-2-3-4/h1,3,5-9,15,25H,10-14H2;1-7,12H,8-11H2;1,4H,3H2. The van der Waals surface area contributed by atoms with Gasteiger partial charge in [0.25, 0.3) is 0 Å². The molecule has 0 radical (unpaired) electrons. The highest BCUT2D eigenvalue weighted by atomic mass is 32.2. The molecule has 8 rings (SSSR count). The molecule has 310 valence electrons. The normalized spacial score (nSPS) is 14.1. The Bertz CT molecular complexity index is 2600. The number of fused-ring (bicyclic) bond motifs is 2. The number of rotatable bonds is 6. The van der Waals surface area contributed by atoms with Crippen LogP contribution in [0.4, 0.5) is 24.5 Å². The summed E-state index contributed by atoms with van der Waals surface area (Å²) in [6, 6.07) is 25.8. The molecule has 6 heterocycles. The van der Waals surface area contributed by atoms with Crippen LogP contribution in [-0.4, -0.2) is 110 Å². The number of benzene rings is 2. The molecule has 0 unspecified atom stereocenters. The number of hydrogen-bond donors (Lipinski definition) is 2. The monoisotopic (exact) mass is 840 g/mol. The lowest BCUT2D eigenvalue weighted by Gasteiger charge is -2.28. The third kappa shape index (κ3) is 10.8. The Labute approximate surface area is 344 Å². The van der Waals surface area contributed by atoms with Crippen molar-refractivity contribution in [1.82, 2.24) is 19.9 Å². The average molecular weight is 841 g/mol. The summed E-state index contributed by atoms with van der Waals surface area (Å²) in [5.74, 6) is 6.93. The second-order valence-electron chi connectivity index (χ2n) is 12.9. The molecule has 17 heteroatoms. The zero-order valence-corrected chi connectivity index (χ0v) is 32.9. The summed E-state index contributed by atoms with van der Waals surface area (Å²) in [7, 11) is -5.87. The van der Waals surface area contributed by atoms with E-state index in [1.165, 1.54) is 24.0 Å². The van der Waals surface area contributed by atoms with Gasteiger partial charge < -0.3 is 33.7 Å². The van der Waals surface area contributed by atoms with Crippen molar-refractivity contribution in [1.29, 1.82) is 0 Å². The van der Waals surface area contributed by atoms with E-state index < -0.39 is 21.5 Å². The van der Waals surface area contributed by atoms with E-state index in [1.807, 2.05) is 36.3 Å². The molecule has 13 nitrogen and oxygen atoms in total. The predicted molar refractivity (Wildman–Crippen MR) is 221 cm³/mol. The van der Waals surface area contributed by atoms with Gasteiger partial charge in [0.15, 0.2) is 0 Å². The van der Waals surface area contributed by atoms with E-state index in [2.05, 4.69) is 71.5 Å². The van der Waals surface area contributed by atoms with Crippen molar-refractivity contribution in [2.24, 2.45) is 0 Å². The third-order valence-electron chi connectivity index (χ3n) is 9.09. The summed E-state index contributed by atoms with van der Waals surface area (Å²) in [5.41, 5.74) is 0.984. The molecule has 2 aliphatic heterocycles. The van der Waals surface area contributed by atoms with Crippen LogP contribution in [0.2, 0.25) is 0 Å². The molecule has 0 amide bonds. The van der Waals surface area contributed by atoms with Gasteiger partial charge in [-0.3, -0.25) is 9.97 Å². The SMILES string of the molecule is C#CCO.O=S(=O)(Oc1nc(-c2ccc(N3CCOCC3)cc2)cc2ncccc12)C(F)(F)F.OCC#Cc1nc(-c2ccc(N3CCOCC3)cc2)cc2ncccc12. The zero-order valence-electron chi connectivity index (χ0n) is 32.0. The van der Waals surface area contributed by atoms with Gasteiger partial charge in [0.05, 0.1) is 54.2 Å². The van der Waals surface area contributed by atoms with Crippen molar-refractivity contribution < 1.29 is 45.5 Å². The summed E-state index contributed by atoms with van der Waals surface area (Å²) in [4.78, 5) is 21.7. The molecule has 0 saturated carbocycles. The molecular formula is C43H39F3N6O7S. The van der Waals surface area contributed by atoms with Gasteiger partial charge in [0.2, 0.25) is 5.88 Å². The summed E-state index contributed by atoms with van der Waals surface area (Å²) >= 11 is 0. The predicted octanol–water partition coefficient (Wildman–Crippen LogP) is 5.45. The first-order valence-electron chi connectivity index (χ1n) is 18.5. The van der Waals surface area contributed by atoms with Crippen LogP contribution >= 0.6 is 0 Å². The van der Waals surface area contributed by atoms with Crippen LogP contribution in [0.25, 0.3) is 44.3 Å². The molecule has 0 spiro atoms. The fraction of sp³-hybridized carbons (Fsp3) is 0.256. The van der Waals surface area contributed by atoms with Crippen LogP contribution in [0.5, 0.6) is 5.88 Å². The van der Waals surface area contributed by atoms with Crippen molar-refractivity contribution in [3.05, 3.63) is 103 Å². The van der Waals surface area contributed by atoms with E-state index in [4.69, 9.17) is 24.7 Å². The minimum atomic E-state index is -5.87. The van der Waals surface area contributed by atoms with Crippen molar-refractivity contribution in [2.45, 2.75) is 5.51 Å². The van der Waals surface area contributed by atoms with Crippen LogP contribution in [0, 0.1) is 24.2 Å². The topological polar surface area (TPSA) is 160 Å². The number of aliphatic hydroxyl groups is 2. The molecule has 0 bridgehead atoms. The van der Waals surface area contributed by atoms with Gasteiger partial charge in [-0.05, 0) is 66.6 Å². The van der Waals surface area contributed by atoms with Gasteiger partial charge in [-0.15, -0.1) is 6.42 Å². The molecule has 2 N–H and O–H groups in total. The Kier molecular flexibility index (Phi) is 14.5. The first kappa shape index (κ1) is 43.2. The fourth-order valence-electron chi connectivity index (χ4n) is 6.18. The van der Waals surface area contributed by atoms with E-state index in [0.717, 1.165) is 67.2 Å². The number of aliphatic hydroxyl groups excluding tert-OH is 2. The van der Waals surface area contributed by atoms with Crippen LogP contribution in [-0.2, 0) is 19.6 Å². The molecule has 6 aromatic rings. The lowest BCUT2D eigenvalue weighted by atomic mass is 10.1. The number of halogens is 3. The van der Waals surface area contributed by atoms with Gasteiger partial charge in [-0.1, -0.05) is 36.1 Å². The second-order valence-corrected chi connectivity index (χ2v) is 14.4. The second kappa shape index (κ2) is 20.1. The van der Waals surface area contributed by atoms with E-state index >= 15 is 0 Å². The maximum atomic E-state index is 12.8. The fourth-order valence-corrected chi connectivity index (χ4v) is 6.61. The van der Waals surface area contributed by atoms with Gasteiger partial charge in [0, 0.05) is 66.5 Å². The highest BCUT2D eigenvalue weighted by Crippen LogP contribution is 2.33. The lowest BCUT2D eigenvalue weighted by Crippen LogP contribution is -2.36. The van der Waals surface area contributed by atoms with Gasteiger partial charge >= 0.3 is 15.6 Å². The molecule has 4 aromatic heterocycles.